The minimum atomic E-state index is 0.0293. The predicted octanol–water partition coefficient (Wildman–Crippen LogP) is 0.961. The monoisotopic (exact) mass is 288 g/mol. The SMILES string of the molecule is NCC#Cc1csc(CNC(=O)CCn2ccnc2)c1. The number of carbonyl (C=O) groups excluding carboxylic acids is 1. The van der Waals surface area contributed by atoms with Crippen LogP contribution in [0.5, 0.6) is 0 Å². The highest BCUT2D eigenvalue weighted by molar-refractivity contribution is 7.10. The summed E-state index contributed by atoms with van der Waals surface area (Å²) in [5.74, 6) is 5.80. The van der Waals surface area contributed by atoms with Crippen LogP contribution in [0.25, 0.3) is 0 Å². The fraction of sp³-hybridized carbons (Fsp3) is 0.286. The normalized spacial score (nSPS) is 9.85. The average Bonchev–Trinajstić information content (AvgIpc) is 3.12. The Morgan fingerprint density at radius 1 is 1.55 bits per heavy atom. The topological polar surface area (TPSA) is 72.9 Å². The van der Waals surface area contributed by atoms with Crippen molar-refractivity contribution in [3.63, 3.8) is 0 Å². The number of nitrogens with one attached hydrogen (secondary N) is 1. The molecular weight excluding hydrogens is 272 g/mol. The van der Waals surface area contributed by atoms with E-state index in [1.807, 2.05) is 22.2 Å². The van der Waals surface area contributed by atoms with Gasteiger partial charge in [0.05, 0.1) is 19.4 Å². The molecule has 0 aliphatic rings. The van der Waals surface area contributed by atoms with Gasteiger partial charge in [0.15, 0.2) is 0 Å². The number of carbonyl (C=O) groups is 1. The van der Waals surface area contributed by atoms with Gasteiger partial charge in [-0.15, -0.1) is 11.3 Å². The van der Waals surface area contributed by atoms with Crippen LogP contribution in [0, 0.1) is 11.8 Å². The molecule has 0 bridgehead atoms. The summed E-state index contributed by atoms with van der Waals surface area (Å²) in [4.78, 5) is 16.7. The quantitative estimate of drug-likeness (QED) is 0.805. The Morgan fingerprint density at radius 3 is 3.20 bits per heavy atom. The molecule has 0 unspecified atom stereocenters. The van der Waals surface area contributed by atoms with E-state index in [1.165, 1.54) is 0 Å². The van der Waals surface area contributed by atoms with E-state index in [0.717, 1.165) is 10.4 Å². The molecule has 2 aromatic heterocycles. The number of rotatable bonds is 5. The van der Waals surface area contributed by atoms with Crippen molar-refractivity contribution in [3.05, 3.63) is 40.6 Å². The fourth-order valence-corrected chi connectivity index (χ4v) is 2.37. The largest absolute Gasteiger partial charge is 0.351 e. The molecule has 2 aromatic rings. The van der Waals surface area contributed by atoms with Crippen LogP contribution in [-0.2, 0) is 17.9 Å². The molecule has 0 fully saturated rings. The number of imidazole rings is 1. The minimum Gasteiger partial charge on any atom is -0.351 e. The first-order chi connectivity index (χ1) is 9.78. The van der Waals surface area contributed by atoms with Crippen LogP contribution < -0.4 is 11.1 Å². The Hall–Kier alpha value is -2.10. The van der Waals surface area contributed by atoms with Crippen molar-refractivity contribution in [2.24, 2.45) is 5.73 Å². The molecule has 20 heavy (non-hydrogen) atoms. The maximum absolute atomic E-state index is 11.7. The van der Waals surface area contributed by atoms with E-state index < -0.39 is 0 Å². The number of nitrogens with two attached hydrogens (primary N) is 1. The average molecular weight is 288 g/mol. The van der Waals surface area contributed by atoms with E-state index in [4.69, 9.17) is 5.73 Å². The van der Waals surface area contributed by atoms with E-state index >= 15 is 0 Å². The number of hydrogen-bond acceptors (Lipinski definition) is 4. The highest BCUT2D eigenvalue weighted by Gasteiger charge is 2.03. The number of nitrogens with zero attached hydrogens (tertiary/aromatic N) is 2. The lowest BCUT2D eigenvalue weighted by atomic mass is 10.3. The minimum absolute atomic E-state index is 0.0293. The van der Waals surface area contributed by atoms with E-state index in [9.17, 15) is 4.79 Å². The summed E-state index contributed by atoms with van der Waals surface area (Å²) in [6.07, 6.45) is 5.69. The maximum atomic E-state index is 11.7. The highest BCUT2D eigenvalue weighted by Crippen LogP contribution is 2.13. The van der Waals surface area contributed by atoms with Crippen molar-refractivity contribution in [2.45, 2.75) is 19.5 Å². The molecule has 0 saturated carbocycles. The summed E-state index contributed by atoms with van der Waals surface area (Å²) < 4.78 is 1.88. The number of aromatic nitrogens is 2. The molecule has 0 spiro atoms. The van der Waals surface area contributed by atoms with Gasteiger partial charge in [0.25, 0.3) is 0 Å². The smallest absolute Gasteiger partial charge is 0.222 e. The van der Waals surface area contributed by atoms with Crippen molar-refractivity contribution in [1.82, 2.24) is 14.9 Å². The van der Waals surface area contributed by atoms with E-state index in [-0.39, 0.29) is 5.91 Å². The zero-order valence-corrected chi connectivity index (χ0v) is 11.8. The molecular formula is C14H16N4OS. The molecule has 5 nitrogen and oxygen atoms in total. The number of thiophene rings is 1. The van der Waals surface area contributed by atoms with Crippen LogP contribution in [0.15, 0.2) is 30.2 Å². The summed E-state index contributed by atoms with van der Waals surface area (Å²) in [5.41, 5.74) is 6.27. The van der Waals surface area contributed by atoms with Crippen LogP contribution in [0.1, 0.15) is 16.9 Å². The molecule has 0 radical (unpaired) electrons. The first-order valence-electron chi connectivity index (χ1n) is 6.26. The van der Waals surface area contributed by atoms with Gasteiger partial charge < -0.3 is 15.6 Å². The lowest BCUT2D eigenvalue weighted by Gasteiger charge is -2.04. The number of aryl methyl sites for hydroxylation is 1. The van der Waals surface area contributed by atoms with Crippen molar-refractivity contribution in [2.75, 3.05) is 6.54 Å². The van der Waals surface area contributed by atoms with Gasteiger partial charge in [-0.3, -0.25) is 4.79 Å². The molecule has 6 heteroatoms. The van der Waals surface area contributed by atoms with Gasteiger partial charge in [-0.1, -0.05) is 11.8 Å². The second-order valence-electron chi connectivity index (χ2n) is 4.13. The van der Waals surface area contributed by atoms with Crippen molar-refractivity contribution >= 4 is 17.2 Å². The summed E-state index contributed by atoms with van der Waals surface area (Å²) in [6, 6.07) is 1.98. The zero-order chi connectivity index (χ0) is 14.2. The number of hydrogen-bond donors (Lipinski definition) is 2. The molecule has 0 atom stereocenters. The van der Waals surface area contributed by atoms with Crippen LogP contribution >= 0.6 is 11.3 Å². The lowest BCUT2D eigenvalue weighted by Crippen LogP contribution is -2.23. The van der Waals surface area contributed by atoms with Crippen LogP contribution in [0.2, 0.25) is 0 Å². The fourth-order valence-electron chi connectivity index (χ4n) is 1.62. The molecule has 104 valence electrons. The first kappa shape index (κ1) is 14.3. The Kier molecular flexibility index (Phi) is 5.35. The molecule has 0 aliphatic heterocycles. The summed E-state index contributed by atoms with van der Waals surface area (Å²) in [5, 5.41) is 4.86. The molecule has 0 aromatic carbocycles. The Balaban J connectivity index is 1.74. The molecule has 3 N–H and O–H groups in total. The van der Waals surface area contributed by atoms with E-state index in [1.54, 1.807) is 23.9 Å². The molecule has 0 saturated heterocycles. The van der Waals surface area contributed by atoms with Crippen molar-refractivity contribution in [1.29, 1.82) is 0 Å². The van der Waals surface area contributed by atoms with Gasteiger partial charge in [0.1, 0.15) is 0 Å². The summed E-state index contributed by atoms with van der Waals surface area (Å²) in [6.45, 7) is 1.54. The molecule has 1 amide bonds. The predicted molar refractivity (Wildman–Crippen MR) is 78.9 cm³/mol. The zero-order valence-electron chi connectivity index (χ0n) is 11.0. The molecule has 2 heterocycles. The van der Waals surface area contributed by atoms with E-state index in [0.29, 0.717) is 26.1 Å². The third kappa shape index (κ3) is 4.53. The van der Waals surface area contributed by atoms with Gasteiger partial charge in [0.2, 0.25) is 5.91 Å². The molecule has 0 aliphatic carbocycles. The van der Waals surface area contributed by atoms with Crippen LogP contribution in [0.3, 0.4) is 0 Å². The van der Waals surface area contributed by atoms with Crippen molar-refractivity contribution in [3.8, 4) is 11.8 Å². The highest BCUT2D eigenvalue weighted by atomic mass is 32.1. The first-order valence-corrected chi connectivity index (χ1v) is 7.14. The maximum Gasteiger partial charge on any atom is 0.222 e. The Bertz CT molecular complexity index is 607. The van der Waals surface area contributed by atoms with Gasteiger partial charge in [-0.05, 0) is 6.07 Å². The van der Waals surface area contributed by atoms with Gasteiger partial charge in [0, 0.05) is 41.2 Å². The van der Waals surface area contributed by atoms with Crippen LogP contribution in [0.4, 0.5) is 0 Å². The third-order valence-electron chi connectivity index (χ3n) is 2.60. The Morgan fingerprint density at radius 2 is 2.45 bits per heavy atom. The van der Waals surface area contributed by atoms with Gasteiger partial charge >= 0.3 is 0 Å². The van der Waals surface area contributed by atoms with Gasteiger partial charge in [-0.2, -0.15) is 0 Å². The summed E-state index contributed by atoms with van der Waals surface area (Å²) in [7, 11) is 0. The summed E-state index contributed by atoms with van der Waals surface area (Å²) >= 11 is 1.58. The standard InChI is InChI=1S/C14H16N4OS/c15-4-1-2-12-8-13(20-10-12)9-17-14(19)3-6-18-7-5-16-11-18/h5,7-8,10-11H,3-4,6,9,15H2,(H,17,19). The van der Waals surface area contributed by atoms with Crippen molar-refractivity contribution < 1.29 is 4.79 Å². The second-order valence-corrected chi connectivity index (χ2v) is 5.13. The third-order valence-corrected chi connectivity index (χ3v) is 3.54. The Labute approximate surface area is 121 Å². The second kappa shape index (κ2) is 7.48. The van der Waals surface area contributed by atoms with Crippen LogP contribution in [-0.4, -0.2) is 22.0 Å². The molecule has 2 rings (SSSR count). The lowest BCUT2D eigenvalue weighted by molar-refractivity contribution is -0.121. The van der Waals surface area contributed by atoms with Gasteiger partial charge in [-0.25, -0.2) is 4.98 Å². The van der Waals surface area contributed by atoms with E-state index in [2.05, 4.69) is 22.1 Å². The number of amides is 1.